The Balaban J connectivity index is 1.42. The molecule has 0 spiro atoms. The summed E-state index contributed by atoms with van der Waals surface area (Å²) in [5, 5.41) is 9.45. The average molecular weight is 471 g/mol. The molecule has 2 aromatic heterocycles. The maximum Gasteiger partial charge on any atom is 0.243 e. The third kappa shape index (κ3) is 4.21. The molecule has 10 heteroatoms. The fourth-order valence-corrected chi connectivity index (χ4v) is 5.89. The second kappa shape index (κ2) is 9.34. The highest BCUT2D eigenvalue weighted by Gasteiger charge is 2.30. The molecule has 0 radical (unpaired) electrons. The van der Waals surface area contributed by atoms with Crippen molar-refractivity contribution in [2.45, 2.75) is 56.9 Å². The molecule has 2 aliphatic heterocycles. The molecule has 2 amide bonds. The van der Waals surface area contributed by atoms with E-state index < -0.39 is 0 Å². The molecule has 0 saturated carbocycles. The molecule has 2 fully saturated rings. The summed E-state index contributed by atoms with van der Waals surface area (Å²) in [6, 6.07) is 8.44. The molecule has 0 N–H and O–H groups in total. The lowest BCUT2D eigenvalue weighted by Crippen LogP contribution is -2.48. The number of hydrogen-bond acceptors (Lipinski definition) is 6. The third-order valence-electron chi connectivity index (χ3n) is 6.73. The number of benzene rings is 1. The van der Waals surface area contributed by atoms with Gasteiger partial charge in [0.25, 0.3) is 0 Å². The van der Waals surface area contributed by atoms with Gasteiger partial charge in [0.2, 0.25) is 17.6 Å². The highest BCUT2D eigenvalue weighted by atomic mass is 32.2. The molecule has 1 aromatic carbocycles. The number of piperidine rings is 1. The molecule has 2 aliphatic rings. The molecular weight excluding hydrogens is 440 g/mol. The Kier molecular flexibility index (Phi) is 6.29. The molecule has 33 heavy (non-hydrogen) atoms. The maximum atomic E-state index is 13.4. The van der Waals surface area contributed by atoms with E-state index >= 15 is 0 Å². The van der Waals surface area contributed by atoms with E-state index in [0.29, 0.717) is 43.0 Å². The highest BCUT2D eigenvalue weighted by molar-refractivity contribution is 7.99. The number of likely N-dealkylation sites (tertiary alicyclic amines) is 1. The zero-order chi connectivity index (χ0) is 22.9. The van der Waals surface area contributed by atoms with E-state index in [2.05, 4.69) is 24.0 Å². The minimum Gasteiger partial charge on any atom is -0.378 e. The van der Waals surface area contributed by atoms with Gasteiger partial charge in [-0.2, -0.15) is 0 Å². The normalized spacial score (nSPS) is 21.8. The topological polar surface area (TPSA) is 85.0 Å². The van der Waals surface area contributed by atoms with Gasteiger partial charge in [-0.25, -0.2) is 0 Å². The molecule has 3 aromatic rings. The molecule has 0 aliphatic carbocycles. The Morgan fingerprint density at radius 3 is 2.45 bits per heavy atom. The number of morpholine rings is 1. The number of aromatic nitrogens is 4. The monoisotopic (exact) mass is 470 g/mol. The van der Waals surface area contributed by atoms with Gasteiger partial charge in [-0.1, -0.05) is 23.9 Å². The van der Waals surface area contributed by atoms with Crippen LogP contribution in [0.4, 0.5) is 0 Å². The fraction of sp³-hybridized carbons (Fsp3) is 0.565. The number of rotatable bonds is 5. The van der Waals surface area contributed by atoms with Crippen LogP contribution in [0.25, 0.3) is 16.8 Å². The molecule has 2 saturated heterocycles. The van der Waals surface area contributed by atoms with E-state index in [1.54, 1.807) is 0 Å². The van der Waals surface area contributed by atoms with E-state index in [4.69, 9.17) is 4.74 Å². The van der Waals surface area contributed by atoms with Gasteiger partial charge in [0.05, 0.1) is 30.0 Å². The smallest absolute Gasteiger partial charge is 0.243 e. The number of hydrogen-bond donors (Lipinski definition) is 0. The summed E-state index contributed by atoms with van der Waals surface area (Å²) in [4.78, 5) is 29.8. The minimum atomic E-state index is 0.0760. The highest BCUT2D eigenvalue weighted by Crippen LogP contribution is 2.28. The number of ether oxygens (including phenoxy) is 1. The lowest BCUT2D eigenvalue weighted by atomic mass is 9.97. The van der Waals surface area contributed by atoms with Crippen LogP contribution in [0.15, 0.2) is 29.4 Å². The summed E-state index contributed by atoms with van der Waals surface area (Å²) in [5.74, 6) is 1.11. The summed E-state index contributed by atoms with van der Waals surface area (Å²) in [5.41, 5.74) is 1.88. The van der Waals surface area contributed by atoms with Crippen LogP contribution >= 0.6 is 11.8 Å². The first-order valence-electron chi connectivity index (χ1n) is 11.7. The number of fused-ring (bicyclic) bond motifs is 3. The van der Waals surface area contributed by atoms with Crippen LogP contribution in [0.5, 0.6) is 0 Å². The summed E-state index contributed by atoms with van der Waals surface area (Å²) in [6.07, 6.45) is 3.25. The van der Waals surface area contributed by atoms with Crippen LogP contribution in [-0.2, 0) is 20.9 Å². The predicted octanol–water partition coefficient (Wildman–Crippen LogP) is 2.42. The van der Waals surface area contributed by atoms with Crippen molar-refractivity contribution in [1.82, 2.24) is 29.0 Å². The van der Waals surface area contributed by atoms with Crippen molar-refractivity contribution < 1.29 is 14.3 Å². The van der Waals surface area contributed by atoms with Crippen LogP contribution in [0.3, 0.4) is 0 Å². The van der Waals surface area contributed by atoms with E-state index in [0.717, 1.165) is 30.3 Å². The Morgan fingerprint density at radius 1 is 1.03 bits per heavy atom. The van der Waals surface area contributed by atoms with Crippen LogP contribution in [-0.4, -0.2) is 84.9 Å². The van der Waals surface area contributed by atoms with Gasteiger partial charge in [0.15, 0.2) is 5.16 Å². The Bertz CT molecular complexity index is 1160. The van der Waals surface area contributed by atoms with Gasteiger partial charge >= 0.3 is 0 Å². The molecule has 2 unspecified atom stereocenters. The number of para-hydroxylation sites is 2. The van der Waals surface area contributed by atoms with E-state index in [1.165, 1.54) is 11.8 Å². The summed E-state index contributed by atoms with van der Waals surface area (Å²) >= 11 is 1.38. The zero-order valence-corrected chi connectivity index (χ0v) is 20.0. The van der Waals surface area contributed by atoms with Gasteiger partial charge in [-0.3, -0.25) is 18.6 Å². The lowest BCUT2D eigenvalue weighted by Gasteiger charge is -2.39. The van der Waals surface area contributed by atoms with Crippen molar-refractivity contribution in [3.05, 3.63) is 24.3 Å². The van der Waals surface area contributed by atoms with Gasteiger partial charge in [-0.05, 0) is 45.2 Å². The third-order valence-corrected chi connectivity index (χ3v) is 7.65. The van der Waals surface area contributed by atoms with Crippen LogP contribution in [0, 0.1) is 0 Å². The van der Waals surface area contributed by atoms with Crippen molar-refractivity contribution in [3.8, 4) is 0 Å². The fourth-order valence-electron chi connectivity index (χ4n) is 5.05. The first-order valence-corrected chi connectivity index (χ1v) is 12.6. The van der Waals surface area contributed by atoms with Gasteiger partial charge in [0, 0.05) is 25.2 Å². The number of nitrogens with zero attached hydrogens (tertiary/aromatic N) is 6. The van der Waals surface area contributed by atoms with Crippen LogP contribution in [0.2, 0.25) is 0 Å². The van der Waals surface area contributed by atoms with Crippen molar-refractivity contribution in [1.29, 1.82) is 0 Å². The van der Waals surface area contributed by atoms with Crippen molar-refractivity contribution >= 4 is 40.4 Å². The summed E-state index contributed by atoms with van der Waals surface area (Å²) in [7, 11) is 0. The quantitative estimate of drug-likeness (QED) is 0.533. The number of carbonyl (C=O) groups excluding carboxylic acids is 2. The SMILES string of the molecule is CC1CCCC(C)N1C(=O)Cn1c2ccccc2n2c(SCC(=O)N3CCOCC3)nnc12. The Hall–Kier alpha value is -2.59. The summed E-state index contributed by atoms with van der Waals surface area (Å²) < 4.78 is 9.25. The van der Waals surface area contributed by atoms with Crippen molar-refractivity contribution in [3.63, 3.8) is 0 Å². The van der Waals surface area contributed by atoms with E-state index in [9.17, 15) is 9.59 Å². The molecule has 4 heterocycles. The average Bonchev–Trinajstić information content (AvgIpc) is 3.37. The molecular formula is C23H30N6O3S. The predicted molar refractivity (Wildman–Crippen MR) is 126 cm³/mol. The Labute approximate surface area is 197 Å². The largest absolute Gasteiger partial charge is 0.378 e. The number of carbonyl (C=O) groups is 2. The van der Waals surface area contributed by atoms with E-state index in [-0.39, 0.29) is 30.4 Å². The maximum absolute atomic E-state index is 13.4. The Morgan fingerprint density at radius 2 is 1.73 bits per heavy atom. The molecule has 9 nitrogen and oxygen atoms in total. The van der Waals surface area contributed by atoms with Gasteiger partial charge < -0.3 is 14.5 Å². The molecule has 5 rings (SSSR count). The molecule has 2 atom stereocenters. The van der Waals surface area contributed by atoms with E-state index in [1.807, 2.05) is 43.0 Å². The first-order chi connectivity index (χ1) is 16.0. The van der Waals surface area contributed by atoms with Crippen molar-refractivity contribution in [2.24, 2.45) is 0 Å². The molecule has 0 bridgehead atoms. The number of amides is 2. The second-order valence-electron chi connectivity index (χ2n) is 8.90. The van der Waals surface area contributed by atoms with Crippen LogP contribution < -0.4 is 0 Å². The first kappa shape index (κ1) is 22.2. The molecule has 176 valence electrons. The second-order valence-corrected chi connectivity index (χ2v) is 9.85. The summed E-state index contributed by atoms with van der Waals surface area (Å²) in [6.45, 7) is 6.92. The van der Waals surface area contributed by atoms with Crippen LogP contribution in [0.1, 0.15) is 33.1 Å². The number of thioether (sulfide) groups is 1. The lowest BCUT2D eigenvalue weighted by molar-refractivity contribution is -0.137. The van der Waals surface area contributed by atoms with Gasteiger partial charge in [-0.15, -0.1) is 10.2 Å². The van der Waals surface area contributed by atoms with Gasteiger partial charge in [0.1, 0.15) is 6.54 Å². The standard InChI is InChI=1S/C23H30N6O3S/c1-16-6-5-7-17(2)28(16)20(30)14-27-18-8-3-4-9-19(18)29-22(27)24-25-23(29)33-15-21(31)26-10-12-32-13-11-26/h3-4,8-9,16-17H,5-7,10-15H2,1-2H3. The minimum absolute atomic E-state index is 0.0760. The number of imidazole rings is 1. The zero-order valence-electron chi connectivity index (χ0n) is 19.1. The van der Waals surface area contributed by atoms with Crippen molar-refractivity contribution in [2.75, 3.05) is 32.1 Å².